The quantitative estimate of drug-likeness (QED) is 0.188. The molecule has 2 heterocycles. The molecule has 1 amide bonds. The number of carbonyl (C=O) groups is 1. The SMILES string of the molecule is CCN(c1ccccc1)S(=O)(=O)c1ccc(C(=O)N(Cc2cccnc2)c2nc3c(SC)cccc3s2)cc1. The van der Waals surface area contributed by atoms with Crippen LogP contribution in [0.1, 0.15) is 22.8 Å². The van der Waals surface area contributed by atoms with Gasteiger partial charge in [-0.15, -0.1) is 11.8 Å². The molecule has 0 saturated heterocycles. The molecule has 5 rings (SSSR count). The Bertz CT molecular complexity index is 1690. The van der Waals surface area contributed by atoms with Crippen molar-refractivity contribution in [1.82, 2.24) is 9.97 Å². The van der Waals surface area contributed by atoms with Crippen molar-refractivity contribution in [3.05, 3.63) is 108 Å². The first kappa shape index (κ1) is 26.9. The summed E-state index contributed by atoms with van der Waals surface area (Å²) < 4.78 is 29.2. The summed E-state index contributed by atoms with van der Waals surface area (Å²) in [5.74, 6) is -0.275. The van der Waals surface area contributed by atoms with Gasteiger partial charge in [-0.2, -0.15) is 0 Å². The smallest absolute Gasteiger partial charge is 0.264 e. The average Bonchev–Trinajstić information content (AvgIpc) is 3.41. The maximum absolute atomic E-state index is 13.9. The number of benzene rings is 3. The predicted octanol–water partition coefficient (Wildman–Crippen LogP) is 6.48. The Kier molecular flexibility index (Phi) is 7.97. The summed E-state index contributed by atoms with van der Waals surface area (Å²) in [6.45, 7) is 2.35. The zero-order valence-corrected chi connectivity index (χ0v) is 23.8. The third-order valence-corrected chi connectivity index (χ3v) is 9.88. The fraction of sp³-hybridized carbons (Fsp3) is 0.138. The first-order chi connectivity index (χ1) is 18.9. The lowest BCUT2D eigenvalue weighted by Gasteiger charge is -2.23. The Morgan fingerprint density at radius 3 is 2.38 bits per heavy atom. The molecule has 0 spiro atoms. The van der Waals surface area contributed by atoms with Gasteiger partial charge in [0.25, 0.3) is 15.9 Å². The van der Waals surface area contributed by atoms with E-state index in [2.05, 4.69) is 4.98 Å². The number of nitrogens with zero attached hydrogens (tertiary/aromatic N) is 4. The number of sulfonamides is 1. The number of pyridine rings is 1. The van der Waals surface area contributed by atoms with Crippen LogP contribution >= 0.6 is 23.1 Å². The molecular formula is C29H26N4O3S3. The third-order valence-electron chi connectivity index (χ3n) is 6.15. The lowest BCUT2D eigenvalue weighted by atomic mass is 10.2. The van der Waals surface area contributed by atoms with Crippen LogP contribution in [-0.2, 0) is 16.6 Å². The van der Waals surface area contributed by atoms with E-state index in [4.69, 9.17) is 4.98 Å². The predicted molar refractivity (Wildman–Crippen MR) is 159 cm³/mol. The number of thioether (sulfide) groups is 1. The van der Waals surface area contributed by atoms with Gasteiger partial charge in [-0.05, 0) is 73.3 Å². The van der Waals surface area contributed by atoms with Crippen molar-refractivity contribution in [2.24, 2.45) is 0 Å². The first-order valence-corrected chi connectivity index (χ1v) is 15.7. The Balaban J connectivity index is 1.49. The molecule has 0 atom stereocenters. The van der Waals surface area contributed by atoms with Gasteiger partial charge in [0, 0.05) is 29.4 Å². The second-order valence-electron chi connectivity index (χ2n) is 8.59. The van der Waals surface area contributed by atoms with Gasteiger partial charge in [0.2, 0.25) is 0 Å². The molecule has 0 aliphatic rings. The number of fused-ring (bicyclic) bond motifs is 1. The van der Waals surface area contributed by atoms with Gasteiger partial charge in [-0.1, -0.05) is 41.7 Å². The van der Waals surface area contributed by atoms with E-state index in [9.17, 15) is 13.2 Å². The molecule has 0 radical (unpaired) electrons. The summed E-state index contributed by atoms with van der Waals surface area (Å²) >= 11 is 3.06. The Morgan fingerprint density at radius 2 is 1.72 bits per heavy atom. The van der Waals surface area contributed by atoms with Crippen molar-refractivity contribution in [3.63, 3.8) is 0 Å². The number of carbonyl (C=O) groups excluding carboxylic acids is 1. The number of anilines is 2. The Hall–Kier alpha value is -3.73. The maximum atomic E-state index is 13.9. The van der Waals surface area contributed by atoms with Crippen LogP contribution in [-0.4, -0.2) is 37.1 Å². The molecule has 0 aliphatic carbocycles. The molecule has 10 heteroatoms. The number of amides is 1. The van der Waals surface area contributed by atoms with E-state index in [-0.39, 0.29) is 23.9 Å². The second-order valence-corrected chi connectivity index (χ2v) is 12.3. The summed E-state index contributed by atoms with van der Waals surface area (Å²) in [7, 11) is -3.81. The number of thiazole rings is 1. The van der Waals surface area contributed by atoms with Crippen molar-refractivity contribution < 1.29 is 13.2 Å². The highest BCUT2D eigenvalue weighted by molar-refractivity contribution is 7.98. The molecule has 39 heavy (non-hydrogen) atoms. The van der Waals surface area contributed by atoms with E-state index in [0.717, 1.165) is 20.7 Å². The maximum Gasteiger partial charge on any atom is 0.264 e. The van der Waals surface area contributed by atoms with Crippen LogP contribution < -0.4 is 9.21 Å². The topological polar surface area (TPSA) is 83.5 Å². The molecule has 198 valence electrons. The summed E-state index contributed by atoms with van der Waals surface area (Å²) in [5, 5.41) is 0.568. The number of aromatic nitrogens is 2. The van der Waals surface area contributed by atoms with Crippen molar-refractivity contribution >= 4 is 60.1 Å². The molecule has 0 saturated carbocycles. The molecular weight excluding hydrogens is 549 g/mol. The van der Waals surface area contributed by atoms with Gasteiger partial charge in [-0.25, -0.2) is 13.4 Å². The van der Waals surface area contributed by atoms with E-state index in [0.29, 0.717) is 16.4 Å². The standard InChI is InChI=1S/C29H26N4O3S3/c1-3-33(23-10-5-4-6-11-23)39(35,36)24-16-14-22(15-17-24)28(34)32(20-21-9-8-18-30-19-21)29-31-27-25(37-2)12-7-13-26(27)38-29/h4-19H,3,20H2,1-2H3. The van der Waals surface area contributed by atoms with Crippen LogP contribution in [0.3, 0.4) is 0 Å². The monoisotopic (exact) mass is 574 g/mol. The molecule has 0 fully saturated rings. The minimum absolute atomic E-state index is 0.119. The molecule has 0 N–H and O–H groups in total. The van der Waals surface area contributed by atoms with Crippen LogP contribution in [0.5, 0.6) is 0 Å². The molecule has 5 aromatic rings. The average molecular weight is 575 g/mol. The van der Waals surface area contributed by atoms with Crippen LogP contribution in [0.25, 0.3) is 10.2 Å². The van der Waals surface area contributed by atoms with Crippen molar-refractivity contribution in [2.45, 2.75) is 23.3 Å². The number of hydrogen-bond acceptors (Lipinski definition) is 7. The molecule has 0 aliphatic heterocycles. The Labute approximate surface area is 236 Å². The normalized spacial score (nSPS) is 11.4. The summed E-state index contributed by atoms with van der Waals surface area (Å²) in [4.78, 5) is 25.7. The zero-order chi connectivity index (χ0) is 27.4. The van der Waals surface area contributed by atoms with Crippen LogP contribution in [0.4, 0.5) is 10.8 Å². The van der Waals surface area contributed by atoms with Gasteiger partial charge in [-0.3, -0.25) is 19.0 Å². The molecule has 0 bridgehead atoms. The van der Waals surface area contributed by atoms with Gasteiger partial charge in [0.1, 0.15) is 0 Å². The minimum atomic E-state index is -3.81. The fourth-order valence-corrected chi connectivity index (χ4v) is 7.32. The highest BCUT2D eigenvalue weighted by atomic mass is 32.2. The number of para-hydroxylation sites is 2. The van der Waals surface area contributed by atoms with Gasteiger partial charge >= 0.3 is 0 Å². The van der Waals surface area contributed by atoms with E-state index in [1.807, 2.05) is 42.7 Å². The van der Waals surface area contributed by atoms with Gasteiger partial charge in [0.15, 0.2) is 5.13 Å². The molecule has 7 nitrogen and oxygen atoms in total. The highest BCUT2D eigenvalue weighted by Crippen LogP contribution is 2.35. The van der Waals surface area contributed by atoms with E-state index in [1.165, 1.54) is 27.8 Å². The minimum Gasteiger partial charge on any atom is -0.279 e. The lowest BCUT2D eigenvalue weighted by molar-refractivity contribution is 0.0985. The Morgan fingerprint density at radius 1 is 0.949 bits per heavy atom. The van der Waals surface area contributed by atoms with Crippen molar-refractivity contribution in [2.75, 3.05) is 22.0 Å². The van der Waals surface area contributed by atoms with Crippen molar-refractivity contribution in [3.8, 4) is 0 Å². The van der Waals surface area contributed by atoms with E-state index >= 15 is 0 Å². The molecule has 2 aromatic heterocycles. The molecule has 0 unspecified atom stereocenters. The number of rotatable bonds is 9. The van der Waals surface area contributed by atoms with E-state index in [1.54, 1.807) is 72.4 Å². The summed E-state index contributed by atoms with van der Waals surface area (Å²) in [6, 6.07) is 24.8. The third kappa shape index (κ3) is 5.54. The highest BCUT2D eigenvalue weighted by Gasteiger charge is 2.26. The van der Waals surface area contributed by atoms with E-state index < -0.39 is 10.0 Å². The van der Waals surface area contributed by atoms with Crippen LogP contribution in [0.2, 0.25) is 0 Å². The zero-order valence-electron chi connectivity index (χ0n) is 21.4. The van der Waals surface area contributed by atoms with Gasteiger partial charge < -0.3 is 0 Å². The second kappa shape index (κ2) is 11.6. The fourth-order valence-electron chi connectivity index (χ4n) is 4.23. The molecule has 3 aromatic carbocycles. The van der Waals surface area contributed by atoms with Crippen molar-refractivity contribution in [1.29, 1.82) is 0 Å². The van der Waals surface area contributed by atoms with Crippen LogP contribution in [0.15, 0.2) is 107 Å². The first-order valence-electron chi connectivity index (χ1n) is 12.2. The summed E-state index contributed by atoms with van der Waals surface area (Å²) in [6.07, 6.45) is 5.41. The van der Waals surface area contributed by atoms with Crippen LogP contribution in [0, 0.1) is 0 Å². The lowest BCUT2D eigenvalue weighted by Crippen LogP contribution is -2.31. The summed E-state index contributed by atoms with van der Waals surface area (Å²) in [5.41, 5.74) is 2.67. The largest absolute Gasteiger partial charge is 0.279 e. The number of hydrogen-bond donors (Lipinski definition) is 0. The van der Waals surface area contributed by atoms with Gasteiger partial charge in [0.05, 0.1) is 27.3 Å².